The van der Waals surface area contributed by atoms with Crippen LogP contribution in [0.5, 0.6) is 5.75 Å². The summed E-state index contributed by atoms with van der Waals surface area (Å²) in [5.41, 5.74) is -0.861. The van der Waals surface area contributed by atoms with Crippen molar-refractivity contribution in [2.75, 3.05) is 7.11 Å². The zero-order chi connectivity index (χ0) is 25.9. The zero-order valence-electron chi connectivity index (χ0n) is 18.7. The van der Waals surface area contributed by atoms with Gasteiger partial charge in [-0.2, -0.15) is 21.6 Å². The first-order valence-electron chi connectivity index (χ1n) is 10.5. The number of benzene rings is 4. The molecular formula is C26H18F3NO5S. The van der Waals surface area contributed by atoms with Crippen LogP contribution in [0.25, 0.3) is 10.8 Å². The van der Waals surface area contributed by atoms with Crippen molar-refractivity contribution in [1.82, 2.24) is 0 Å². The van der Waals surface area contributed by atoms with Crippen molar-refractivity contribution in [1.29, 1.82) is 0 Å². The predicted octanol–water partition coefficient (Wildman–Crippen LogP) is 5.86. The summed E-state index contributed by atoms with van der Waals surface area (Å²) in [5.74, 6) is -0.235. The molecule has 0 bridgehead atoms. The molecule has 0 atom stereocenters. The van der Waals surface area contributed by atoms with Gasteiger partial charge in [-0.05, 0) is 47.2 Å². The number of methoxy groups -OCH3 is 1. The molecular weight excluding hydrogens is 495 g/mol. The standard InChI is InChI=1S/C26H18F3NO5S/c1-34-20-15-18-9-5-6-10-22(18)23(16-20)25(31)24(17-7-3-2-4-8-17)30-35-36(32,33)21-13-11-19(12-14-21)26(27,28)29/h2-16H,1H3/b30-24+. The van der Waals surface area contributed by atoms with E-state index in [-0.39, 0.29) is 16.8 Å². The van der Waals surface area contributed by atoms with E-state index in [0.29, 0.717) is 28.7 Å². The third kappa shape index (κ3) is 5.23. The van der Waals surface area contributed by atoms with Crippen molar-refractivity contribution in [2.45, 2.75) is 11.1 Å². The van der Waals surface area contributed by atoms with Crippen LogP contribution in [0.1, 0.15) is 21.5 Å². The van der Waals surface area contributed by atoms with E-state index in [0.717, 1.165) is 12.1 Å². The van der Waals surface area contributed by atoms with E-state index in [4.69, 9.17) is 9.02 Å². The SMILES string of the molecule is COc1cc(C(=O)/C(=N/OS(=O)(=O)c2ccc(C(F)(F)F)cc2)c2ccccc2)c2ccccc2c1. The predicted molar refractivity (Wildman–Crippen MR) is 128 cm³/mol. The molecule has 0 aliphatic carbocycles. The van der Waals surface area contributed by atoms with Crippen LogP contribution in [0.15, 0.2) is 101 Å². The average Bonchev–Trinajstić information content (AvgIpc) is 2.88. The van der Waals surface area contributed by atoms with Gasteiger partial charge in [-0.25, -0.2) is 0 Å². The van der Waals surface area contributed by atoms with Gasteiger partial charge in [0.25, 0.3) is 0 Å². The number of carbonyl (C=O) groups is 1. The van der Waals surface area contributed by atoms with Gasteiger partial charge >= 0.3 is 16.3 Å². The number of oxime groups is 1. The van der Waals surface area contributed by atoms with Crippen molar-refractivity contribution in [3.05, 3.63) is 108 Å². The lowest BCUT2D eigenvalue weighted by Crippen LogP contribution is -2.18. The average molecular weight is 513 g/mol. The Kier molecular flexibility index (Phi) is 6.80. The monoisotopic (exact) mass is 513 g/mol. The summed E-state index contributed by atoms with van der Waals surface area (Å²) in [5, 5.41) is 4.96. The topological polar surface area (TPSA) is 82.0 Å². The number of ketones is 1. The number of Topliss-reactive ketones (excluding diaryl/α,β-unsaturated/α-hetero) is 1. The van der Waals surface area contributed by atoms with Crippen LogP contribution in [0, 0.1) is 0 Å². The third-order valence-electron chi connectivity index (χ3n) is 5.27. The minimum absolute atomic E-state index is 0.197. The Bertz CT molecular complexity index is 1550. The third-order valence-corrected chi connectivity index (χ3v) is 6.40. The number of ether oxygens (including phenoxy) is 1. The number of carbonyl (C=O) groups excluding carboxylic acids is 1. The second kappa shape index (κ2) is 9.82. The first kappa shape index (κ1) is 24.9. The van der Waals surface area contributed by atoms with Gasteiger partial charge in [-0.15, -0.1) is 0 Å². The maximum absolute atomic E-state index is 13.6. The number of hydrogen-bond donors (Lipinski definition) is 0. The molecule has 0 N–H and O–H groups in total. The summed E-state index contributed by atoms with van der Waals surface area (Å²) in [6.07, 6.45) is -4.63. The van der Waals surface area contributed by atoms with Gasteiger partial charge in [0.15, 0.2) is 5.71 Å². The quantitative estimate of drug-likeness (QED) is 0.176. The molecule has 0 spiro atoms. The van der Waals surface area contributed by atoms with Crippen molar-refractivity contribution in [3.8, 4) is 5.75 Å². The normalized spacial score (nSPS) is 12.4. The number of rotatable bonds is 7. The maximum Gasteiger partial charge on any atom is 0.416 e. The highest BCUT2D eigenvalue weighted by Crippen LogP contribution is 2.30. The molecule has 36 heavy (non-hydrogen) atoms. The lowest BCUT2D eigenvalue weighted by Gasteiger charge is -2.11. The summed E-state index contributed by atoms with van der Waals surface area (Å²) in [4.78, 5) is 13.1. The molecule has 0 saturated carbocycles. The molecule has 4 aromatic rings. The molecule has 10 heteroatoms. The molecule has 4 aromatic carbocycles. The van der Waals surface area contributed by atoms with Gasteiger partial charge in [0.1, 0.15) is 10.6 Å². The van der Waals surface area contributed by atoms with E-state index in [1.165, 1.54) is 13.2 Å². The van der Waals surface area contributed by atoms with Crippen LogP contribution in [0.2, 0.25) is 0 Å². The van der Waals surface area contributed by atoms with Gasteiger partial charge in [-0.3, -0.25) is 9.08 Å². The van der Waals surface area contributed by atoms with E-state index in [9.17, 15) is 26.4 Å². The van der Waals surface area contributed by atoms with Gasteiger partial charge in [0.05, 0.1) is 12.7 Å². The molecule has 0 aromatic heterocycles. The Balaban J connectivity index is 1.77. The molecule has 0 radical (unpaired) electrons. The number of halogens is 3. The Labute approximate surface area is 204 Å². The Morgan fingerprint density at radius 2 is 1.50 bits per heavy atom. The van der Waals surface area contributed by atoms with Crippen LogP contribution in [0.3, 0.4) is 0 Å². The second-order valence-electron chi connectivity index (χ2n) is 7.58. The highest BCUT2D eigenvalue weighted by molar-refractivity contribution is 7.86. The number of alkyl halides is 3. The van der Waals surface area contributed by atoms with E-state index >= 15 is 0 Å². The maximum atomic E-state index is 13.6. The number of fused-ring (bicyclic) bond motifs is 1. The van der Waals surface area contributed by atoms with Gasteiger partial charge in [-0.1, -0.05) is 59.8 Å². The largest absolute Gasteiger partial charge is 0.497 e. The van der Waals surface area contributed by atoms with Gasteiger partial charge < -0.3 is 4.74 Å². The lowest BCUT2D eigenvalue weighted by atomic mass is 9.95. The first-order chi connectivity index (χ1) is 17.1. The molecule has 4 rings (SSSR count). The van der Waals surface area contributed by atoms with Crippen LogP contribution in [-0.2, 0) is 20.6 Å². The number of hydrogen-bond acceptors (Lipinski definition) is 6. The van der Waals surface area contributed by atoms with Gasteiger partial charge in [0.2, 0.25) is 5.78 Å². The van der Waals surface area contributed by atoms with E-state index in [1.54, 1.807) is 60.7 Å². The van der Waals surface area contributed by atoms with Crippen LogP contribution < -0.4 is 4.74 Å². The van der Waals surface area contributed by atoms with Crippen molar-refractivity contribution in [3.63, 3.8) is 0 Å². The van der Waals surface area contributed by atoms with Gasteiger partial charge in [0, 0.05) is 11.1 Å². The summed E-state index contributed by atoms with van der Waals surface area (Å²) in [6.45, 7) is 0. The fourth-order valence-corrected chi connectivity index (χ4v) is 4.21. The lowest BCUT2D eigenvalue weighted by molar-refractivity contribution is -0.137. The number of nitrogens with zero attached hydrogens (tertiary/aromatic N) is 1. The molecule has 0 heterocycles. The van der Waals surface area contributed by atoms with Crippen molar-refractivity contribution in [2.24, 2.45) is 5.16 Å². The van der Waals surface area contributed by atoms with E-state index in [2.05, 4.69) is 5.16 Å². The summed E-state index contributed by atoms with van der Waals surface area (Å²) >= 11 is 0. The highest BCUT2D eigenvalue weighted by atomic mass is 32.2. The fourth-order valence-electron chi connectivity index (χ4n) is 3.48. The smallest absolute Gasteiger partial charge is 0.416 e. The van der Waals surface area contributed by atoms with E-state index < -0.39 is 32.5 Å². The minimum atomic E-state index is -4.63. The fraction of sp³-hybridized carbons (Fsp3) is 0.0769. The second-order valence-corrected chi connectivity index (χ2v) is 9.11. The van der Waals surface area contributed by atoms with Crippen LogP contribution >= 0.6 is 0 Å². The summed E-state index contributed by atoms with van der Waals surface area (Å²) in [7, 11) is -3.18. The van der Waals surface area contributed by atoms with E-state index in [1.807, 2.05) is 0 Å². The molecule has 184 valence electrons. The highest BCUT2D eigenvalue weighted by Gasteiger charge is 2.31. The summed E-state index contributed by atoms with van der Waals surface area (Å²) < 4.78 is 73.9. The zero-order valence-corrected chi connectivity index (χ0v) is 19.5. The van der Waals surface area contributed by atoms with Crippen molar-refractivity contribution < 1.29 is 35.4 Å². The Morgan fingerprint density at radius 1 is 0.861 bits per heavy atom. The molecule has 0 fully saturated rings. The molecule has 6 nitrogen and oxygen atoms in total. The van der Waals surface area contributed by atoms with Crippen LogP contribution in [-0.4, -0.2) is 27.0 Å². The van der Waals surface area contributed by atoms with Crippen LogP contribution in [0.4, 0.5) is 13.2 Å². The molecule has 0 saturated heterocycles. The first-order valence-corrected chi connectivity index (χ1v) is 11.9. The Morgan fingerprint density at radius 3 is 2.14 bits per heavy atom. The molecule has 0 amide bonds. The molecule has 0 aliphatic rings. The Hall–Kier alpha value is -4.18. The van der Waals surface area contributed by atoms with Crippen molar-refractivity contribution >= 4 is 32.4 Å². The summed E-state index contributed by atoms with van der Waals surface area (Å²) in [6, 6.07) is 21.1. The molecule has 0 aliphatic heterocycles. The minimum Gasteiger partial charge on any atom is -0.497 e. The molecule has 0 unspecified atom stereocenters.